The predicted molar refractivity (Wildman–Crippen MR) is 502 cm³/mol. The minimum atomic E-state index is -4.58. The zero-order chi connectivity index (χ0) is 89.8. The number of piperazine rings is 1. The molecule has 9 aromatic heterocycles. The van der Waals surface area contributed by atoms with Crippen LogP contribution in [0, 0.1) is 5.92 Å². The van der Waals surface area contributed by atoms with E-state index in [0.29, 0.717) is 89.7 Å². The van der Waals surface area contributed by atoms with E-state index < -0.39 is 48.9 Å². The maximum atomic E-state index is 13.9. The Kier molecular flexibility index (Phi) is 26.9. The molecule has 6 aliphatic rings. The van der Waals surface area contributed by atoms with E-state index in [4.69, 9.17) is 14.7 Å². The fourth-order valence-electron chi connectivity index (χ4n) is 16.7. The van der Waals surface area contributed by atoms with E-state index in [2.05, 4.69) is 136 Å². The average Bonchev–Trinajstić information content (AvgIpc) is 1.42. The quantitative estimate of drug-likeness (QED) is 0.0336. The van der Waals surface area contributed by atoms with Gasteiger partial charge in [0.05, 0.1) is 52.5 Å². The first kappa shape index (κ1) is 89.3. The molecule has 13 aromatic rings. The Morgan fingerprint density at radius 2 is 1.16 bits per heavy atom. The number of sulfone groups is 1. The number of anilines is 7. The topological polar surface area (TPSA) is 310 Å². The Morgan fingerprint density at radius 3 is 1.74 bits per heavy atom. The fraction of sp³-hybridized carbons (Fsp3) is 0.333. The van der Waals surface area contributed by atoms with Gasteiger partial charge in [-0.25, -0.2) is 27.6 Å². The highest BCUT2D eigenvalue weighted by Crippen LogP contribution is 2.42. The first-order chi connectivity index (χ1) is 62.3. The highest BCUT2D eigenvalue weighted by atomic mass is 32.2. The van der Waals surface area contributed by atoms with Crippen LogP contribution in [0.2, 0.25) is 0 Å². The number of fused-ring (bicyclic) bond motifs is 3. The molecule has 129 heavy (non-hydrogen) atoms. The van der Waals surface area contributed by atoms with Crippen molar-refractivity contribution in [2.24, 2.45) is 5.92 Å². The van der Waals surface area contributed by atoms with Crippen molar-refractivity contribution >= 4 is 133 Å². The maximum absolute atomic E-state index is 13.9. The molecular formula is C93H99F3N20O8S5. The van der Waals surface area contributed by atoms with Gasteiger partial charge in [0.1, 0.15) is 42.7 Å². The third-order valence-corrected chi connectivity index (χ3v) is 31.4. The number of hydrogen-bond acceptors (Lipinski definition) is 27. The van der Waals surface area contributed by atoms with Gasteiger partial charge >= 0.3 is 6.18 Å². The number of allylic oxidation sites excluding steroid dienone is 2. The number of aromatic nitrogens is 10. The highest BCUT2D eigenvalue weighted by molar-refractivity contribution is 7.93. The SMILES string of the molecule is C=C(c1cc2cnc(Nc3ccc(N4CCN(C)CC4)cc3)nc2n(Cc2sccc2S(=O)CC(F)(F)F)c1=O)C1CC1.CCOc1cc2cnc(Nc3ccc(C4CCN(C)CC4)cc3)nc2n(Cc2ccsc2S(=O)(=O)c2ccncc2)c1=O.CN1CCCC(c2ccc(Nc3ncc4cc(C5CC5)c(=O)n(CC5=C(S(=O)c6ccccc6)N(C)NN5)c4n3)cc2)C1. The van der Waals surface area contributed by atoms with Crippen LogP contribution in [-0.2, 0) is 51.1 Å². The van der Waals surface area contributed by atoms with Gasteiger partial charge in [-0.2, -0.15) is 28.1 Å². The number of nitrogens with one attached hydrogen (secondary N) is 5. The molecule has 0 bridgehead atoms. The van der Waals surface area contributed by atoms with Crippen LogP contribution in [0.3, 0.4) is 0 Å². The molecule has 3 unspecified atom stereocenters. The monoisotopic (exact) mass is 1840 g/mol. The third kappa shape index (κ3) is 20.8. The van der Waals surface area contributed by atoms with Gasteiger partial charge in [-0.15, -0.1) is 28.2 Å². The molecule has 36 heteroatoms. The van der Waals surface area contributed by atoms with E-state index in [1.54, 1.807) is 71.1 Å². The molecule has 2 aliphatic carbocycles. The summed E-state index contributed by atoms with van der Waals surface area (Å²) in [7, 11) is 0.707. The molecule has 4 aromatic carbocycles. The lowest BCUT2D eigenvalue weighted by molar-refractivity contribution is -0.105. The van der Waals surface area contributed by atoms with Gasteiger partial charge in [0, 0.05) is 136 Å². The summed E-state index contributed by atoms with van der Waals surface area (Å²) in [6.07, 6.45) is 12.0. The molecule has 3 saturated heterocycles. The second-order valence-electron chi connectivity index (χ2n) is 33.3. The lowest BCUT2D eigenvalue weighted by Gasteiger charge is -2.34. The summed E-state index contributed by atoms with van der Waals surface area (Å²) in [5.41, 5.74) is 16.0. The van der Waals surface area contributed by atoms with Gasteiger partial charge in [0.25, 0.3) is 16.7 Å². The normalized spacial score (nSPS) is 17.2. The minimum absolute atomic E-state index is 0.0128. The Morgan fingerprint density at radius 1 is 0.589 bits per heavy atom. The number of rotatable bonds is 26. The number of hydrogen-bond donors (Lipinski definition) is 5. The molecule has 19 rings (SSSR count). The molecule has 5 N–H and O–H groups in total. The summed E-state index contributed by atoms with van der Waals surface area (Å²) in [4.78, 5) is 83.7. The molecule has 13 heterocycles. The van der Waals surface area contributed by atoms with Crippen molar-refractivity contribution in [1.29, 1.82) is 0 Å². The Hall–Kier alpha value is -11.7. The number of thiophene rings is 2. The largest absolute Gasteiger partial charge is 0.488 e. The number of nitrogens with zero attached hydrogens (tertiary/aromatic N) is 15. The molecule has 670 valence electrons. The van der Waals surface area contributed by atoms with Crippen molar-refractivity contribution in [2.45, 2.75) is 121 Å². The second kappa shape index (κ2) is 38.9. The summed E-state index contributed by atoms with van der Waals surface area (Å²) in [6.45, 7) is 14.7. The van der Waals surface area contributed by atoms with Gasteiger partial charge in [-0.05, 0) is 253 Å². The molecule has 4 aliphatic heterocycles. The van der Waals surface area contributed by atoms with E-state index in [0.717, 1.165) is 153 Å². The first-order valence-electron chi connectivity index (χ1n) is 43.0. The molecule has 0 amide bonds. The Labute approximate surface area is 756 Å². The van der Waals surface area contributed by atoms with Crippen LogP contribution in [0.4, 0.5) is 53.8 Å². The first-order valence-corrected chi connectivity index (χ1v) is 48.7. The van der Waals surface area contributed by atoms with Crippen molar-refractivity contribution in [3.8, 4) is 5.75 Å². The Balaban J connectivity index is 0.000000136. The number of pyridine rings is 4. The van der Waals surface area contributed by atoms with Gasteiger partial charge in [0.15, 0.2) is 5.75 Å². The summed E-state index contributed by atoms with van der Waals surface area (Å²) in [6, 6.07) is 45.5. The van der Waals surface area contributed by atoms with E-state index >= 15 is 0 Å². The van der Waals surface area contributed by atoms with E-state index in [1.807, 2.05) is 72.8 Å². The lowest BCUT2D eigenvalue weighted by atomic mass is 9.89. The maximum Gasteiger partial charge on any atom is 0.400 e. The van der Waals surface area contributed by atoms with Crippen LogP contribution >= 0.6 is 22.7 Å². The molecule has 5 fully saturated rings. The highest BCUT2D eigenvalue weighted by Gasteiger charge is 2.36. The summed E-state index contributed by atoms with van der Waals surface area (Å²) >= 11 is 2.27. The van der Waals surface area contributed by atoms with E-state index in [-0.39, 0.29) is 68.3 Å². The molecular weight excluding hydrogens is 1740 g/mol. The number of hydrazine groups is 2. The summed E-state index contributed by atoms with van der Waals surface area (Å²) in [5, 5.41) is 17.4. The van der Waals surface area contributed by atoms with Crippen LogP contribution in [0.25, 0.3) is 38.7 Å². The number of halogens is 3. The number of piperidine rings is 2. The number of alkyl halides is 3. The number of likely N-dealkylation sites (tertiary alicyclic amines) is 2. The van der Waals surface area contributed by atoms with Crippen molar-refractivity contribution in [3.05, 3.63) is 268 Å². The molecule has 0 radical (unpaired) electrons. The van der Waals surface area contributed by atoms with Crippen LogP contribution < -0.4 is 53.2 Å². The standard InChI is InChI=1S/C32H36N8O2S.C31H32N6O4S2.C30H31F3N6O2S2/c1-38-16-6-7-23(19-38)21-12-14-25(15-13-21)34-32-33-18-24-17-27(22-10-11-22)30(41)40(29(24)35-32)20-28-31(39(2)37-36-28)43(42)26-8-4-3-5-9-26;1-3-41-27-18-24-19-33-31(34-25-6-4-21(5-7-25)22-10-15-36(2)16-11-22)35-28(24)37(29(27)38)20-23-12-17-42-30(23)43(39,40)26-8-13-32-14-9-26;1-19(20-3-4-20)24-15-21-16-34-29(35-22-5-7-23(8-6-22)38-12-10-37(2)11-13-38)36-27(21)39(28(24)40)17-25-26(9-14-42-25)43(41)18-30(31,32)33/h3-5,8-9,12-15,17-18,22-23,36-37H,6-7,10-11,16,19-20H2,1-2H3,(H,33,34,35);4-9,12-14,17-19,22H,3,10-11,15-16,20H2,1-2H3,(H,33,34,35);5-9,14-16,20H,1,3-4,10-13,17-18H2,2H3,(H,34,35,36). The van der Waals surface area contributed by atoms with Gasteiger partial charge < -0.3 is 45.7 Å². The van der Waals surface area contributed by atoms with Gasteiger partial charge in [0.2, 0.25) is 27.7 Å². The van der Waals surface area contributed by atoms with Crippen molar-refractivity contribution in [1.82, 2.24) is 79.3 Å². The fourth-order valence-corrected chi connectivity index (χ4v) is 23.0. The molecule has 3 atom stereocenters. The second-order valence-corrected chi connectivity index (χ2v) is 40.2. The predicted octanol–water partition coefficient (Wildman–Crippen LogP) is 14.7. The number of benzene rings is 4. The van der Waals surface area contributed by atoms with Gasteiger partial charge in [-0.3, -0.25) is 42.3 Å². The van der Waals surface area contributed by atoms with Crippen LogP contribution in [0.5, 0.6) is 5.75 Å². The summed E-state index contributed by atoms with van der Waals surface area (Å²) in [5.74, 6) is 1.31. The van der Waals surface area contributed by atoms with Crippen LogP contribution in [-0.4, -0.2) is 184 Å². The smallest absolute Gasteiger partial charge is 0.400 e. The molecule has 0 spiro atoms. The number of likely N-dealkylation sites (N-methyl/N-ethyl adjacent to an activating group) is 2. The lowest BCUT2D eigenvalue weighted by Crippen LogP contribution is -2.44. The van der Waals surface area contributed by atoms with E-state index in [1.165, 1.54) is 63.7 Å². The van der Waals surface area contributed by atoms with Crippen molar-refractivity contribution in [2.75, 3.05) is 114 Å². The number of ether oxygens (including phenoxy) is 1. The average molecular weight is 1840 g/mol. The zero-order valence-electron chi connectivity index (χ0n) is 71.9. The third-order valence-electron chi connectivity index (χ3n) is 24.0. The molecule has 2 saturated carbocycles. The van der Waals surface area contributed by atoms with Crippen LogP contribution in [0.15, 0.2) is 238 Å². The zero-order valence-corrected chi connectivity index (χ0v) is 76.0. The van der Waals surface area contributed by atoms with Crippen molar-refractivity contribution in [3.63, 3.8) is 0 Å². The van der Waals surface area contributed by atoms with Crippen LogP contribution in [0.1, 0.15) is 109 Å². The molecule has 28 nitrogen and oxygen atoms in total. The van der Waals surface area contributed by atoms with Crippen molar-refractivity contribution < 1.29 is 34.7 Å². The van der Waals surface area contributed by atoms with E-state index in [9.17, 15) is 44.4 Å². The van der Waals surface area contributed by atoms with Gasteiger partial charge in [-0.1, -0.05) is 49.0 Å². The summed E-state index contributed by atoms with van der Waals surface area (Å²) < 4.78 is 103. The minimum Gasteiger partial charge on any atom is -0.488 e. The Bertz CT molecular complexity index is 6680.